The molecule has 0 aliphatic rings. The number of sulfonamides is 1. The van der Waals surface area contributed by atoms with Crippen LogP contribution in [0.4, 0.5) is 5.69 Å². The fourth-order valence-electron chi connectivity index (χ4n) is 2.13. The first kappa shape index (κ1) is 15.0. The highest BCUT2D eigenvalue weighted by Gasteiger charge is 2.15. The lowest BCUT2D eigenvalue weighted by atomic mass is 10.2. The first-order valence-electron chi connectivity index (χ1n) is 6.67. The molecule has 0 aliphatic carbocycles. The van der Waals surface area contributed by atoms with Gasteiger partial charge in [-0.1, -0.05) is 6.07 Å². The molecule has 0 spiro atoms. The predicted molar refractivity (Wildman–Crippen MR) is 86.0 cm³/mol. The molecule has 2 aromatic carbocycles. The molecule has 0 fully saturated rings. The zero-order valence-corrected chi connectivity index (χ0v) is 12.6. The highest BCUT2D eigenvalue weighted by molar-refractivity contribution is 7.92. The summed E-state index contributed by atoms with van der Waals surface area (Å²) in [6.07, 6.45) is 1.66. The van der Waals surface area contributed by atoms with Gasteiger partial charge in [-0.25, -0.2) is 13.2 Å². The van der Waals surface area contributed by atoms with Crippen molar-refractivity contribution in [3.63, 3.8) is 0 Å². The summed E-state index contributed by atoms with van der Waals surface area (Å²) >= 11 is 0. The van der Waals surface area contributed by atoms with Crippen LogP contribution in [0, 0.1) is 0 Å². The van der Waals surface area contributed by atoms with E-state index in [0.29, 0.717) is 5.69 Å². The van der Waals surface area contributed by atoms with Crippen LogP contribution in [0.1, 0.15) is 10.4 Å². The molecule has 0 aliphatic heterocycles. The van der Waals surface area contributed by atoms with Crippen LogP contribution in [0.25, 0.3) is 10.9 Å². The molecule has 3 aromatic rings. The number of pyridine rings is 1. The monoisotopic (exact) mass is 328 g/mol. The van der Waals surface area contributed by atoms with E-state index >= 15 is 0 Å². The van der Waals surface area contributed by atoms with Crippen molar-refractivity contribution in [1.29, 1.82) is 0 Å². The molecule has 0 atom stereocenters. The van der Waals surface area contributed by atoms with Gasteiger partial charge in [-0.3, -0.25) is 9.71 Å². The van der Waals surface area contributed by atoms with Crippen LogP contribution in [-0.4, -0.2) is 24.5 Å². The van der Waals surface area contributed by atoms with Crippen molar-refractivity contribution in [2.24, 2.45) is 0 Å². The highest BCUT2D eigenvalue weighted by atomic mass is 32.2. The van der Waals surface area contributed by atoms with Crippen LogP contribution in [0.5, 0.6) is 0 Å². The topological polar surface area (TPSA) is 96.4 Å². The SMILES string of the molecule is O=C(O)c1ccc(S(=O)(=O)Nc2ccc3ncccc3c2)cc1. The van der Waals surface area contributed by atoms with E-state index in [0.717, 1.165) is 10.9 Å². The molecule has 23 heavy (non-hydrogen) atoms. The summed E-state index contributed by atoms with van der Waals surface area (Å²) in [4.78, 5) is 15.0. The van der Waals surface area contributed by atoms with E-state index in [1.807, 2.05) is 6.07 Å². The first-order valence-corrected chi connectivity index (χ1v) is 8.15. The molecule has 0 amide bonds. The Balaban J connectivity index is 1.91. The summed E-state index contributed by atoms with van der Waals surface area (Å²) in [6.45, 7) is 0. The third-order valence-corrected chi connectivity index (χ3v) is 4.66. The lowest BCUT2D eigenvalue weighted by molar-refractivity contribution is 0.0696. The maximum Gasteiger partial charge on any atom is 0.335 e. The second-order valence-electron chi connectivity index (χ2n) is 4.85. The summed E-state index contributed by atoms with van der Waals surface area (Å²) in [7, 11) is -3.79. The summed E-state index contributed by atoms with van der Waals surface area (Å²) in [5.41, 5.74) is 1.20. The minimum absolute atomic E-state index is 0.00576. The number of carboxylic acid groups (broad SMARTS) is 1. The molecule has 1 heterocycles. The average molecular weight is 328 g/mol. The second kappa shape index (κ2) is 5.69. The number of nitrogens with one attached hydrogen (secondary N) is 1. The molecule has 0 bridgehead atoms. The third kappa shape index (κ3) is 3.14. The van der Waals surface area contributed by atoms with Crippen molar-refractivity contribution in [2.75, 3.05) is 4.72 Å². The van der Waals surface area contributed by atoms with E-state index < -0.39 is 16.0 Å². The van der Waals surface area contributed by atoms with Gasteiger partial charge in [-0.15, -0.1) is 0 Å². The molecular weight excluding hydrogens is 316 g/mol. The van der Waals surface area contributed by atoms with Crippen molar-refractivity contribution in [1.82, 2.24) is 4.98 Å². The number of carboxylic acids is 1. The Kier molecular flexibility index (Phi) is 3.71. The highest BCUT2D eigenvalue weighted by Crippen LogP contribution is 2.20. The van der Waals surface area contributed by atoms with Gasteiger partial charge in [0.05, 0.1) is 16.0 Å². The molecule has 6 nitrogen and oxygen atoms in total. The normalized spacial score (nSPS) is 11.3. The fraction of sp³-hybridized carbons (Fsp3) is 0. The van der Waals surface area contributed by atoms with Crippen molar-refractivity contribution < 1.29 is 18.3 Å². The minimum Gasteiger partial charge on any atom is -0.478 e. The van der Waals surface area contributed by atoms with Gasteiger partial charge in [0, 0.05) is 17.3 Å². The van der Waals surface area contributed by atoms with E-state index in [1.54, 1.807) is 30.5 Å². The van der Waals surface area contributed by atoms with Crippen LogP contribution in [0.3, 0.4) is 0 Å². The molecule has 7 heteroatoms. The number of nitrogens with zero attached hydrogens (tertiary/aromatic N) is 1. The van der Waals surface area contributed by atoms with Crippen LogP contribution >= 0.6 is 0 Å². The fourth-order valence-corrected chi connectivity index (χ4v) is 3.18. The molecule has 0 saturated carbocycles. The van der Waals surface area contributed by atoms with Crippen molar-refractivity contribution in [2.45, 2.75) is 4.90 Å². The molecule has 116 valence electrons. The number of aromatic nitrogens is 1. The van der Waals surface area contributed by atoms with Gasteiger partial charge in [-0.05, 0) is 48.5 Å². The van der Waals surface area contributed by atoms with Crippen LogP contribution in [0.2, 0.25) is 0 Å². The zero-order valence-electron chi connectivity index (χ0n) is 11.8. The van der Waals surface area contributed by atoms with Crippen LogP contribution in [-0.2, 0) is 10.0 Å². The Bertz CT molecular complexity index is 982. The molecule has 0 radical (unpaired) electrons. The largest absolute Gasteiger partial charge is 0.478 e. The molecular formula is C16H12N2O4S. The Labute approximate surface area is 132 Å². The Hall–Kier alpha value is -2.93. The average Bonchev–Trinajstić information content (AvgIpc) is 2.54. The first-order chi connectivity index (χ1) is 11.0. The van der Waals surface area contributed by atoms with Gasteiger partial charge >= 0.3 is 5.97 Å². The molecule has 1 aromatic heterocycles. The number of aromatic carboxylic acids is 1. The molecule has 0 saturated heterocycles. The zero-order chi connectivity index (χ0) is 16.4. The lowest BCUT2D eigenvalue weighted by Gasteiger charge is -2.09. The maximum absolute atomic E-state index is 12.3. The number of hydrogen-bond donors (Lipinski definition) is 2. The molecule has 0 unspecified atom stereocenters. The molecule has 3 rings (SSSR count). The van der Waals surface area contributed by atoms with E-state index in [4.69, 9.17) is 5.11 Å². The Morgan fingerprint density at radius 2 is 1.78 bits per heavy atom. The van der Waals surface area contributed by atoms with Gasteiger partial charge in [-0.2, -0.15) is 0 Å². The van der Waals surface area contributed by atoms with Crippen LogP contribution in [0.15, 0.2) is 65.7 Å². The van der Waals surface area contributed by atoms with E-state index in [2.05, 4.69) is 9.71 Å². The van der Waals surface area contributed by atoms with E-state index in [-0.39, 0.29) is 10.5 Å². The number of rotatable bonds is 4. The number of benzene rings is 2. The van der Waals surface area contributed by atoms with E-state index in [1.165, 1.54) is 24.3 Å². The van der Waals surface area contributed by atoms with Crippen molar-refractivity contribution in [3.8, 4) is 0 Å². The van der Waals surface area contributed by atoms with Gasteiger partial charge in [0.1, 0.15) is 0 Å². The number of hydrogen-bond acceptors (Lipinski definition) is 4. The standard InChI is InChI=1S/C16H12N2O4S/c19-16(20)11-3-6-14(7-4-11)23(21,22)18-13-5-8-15-12(10-13)2-1-9-17-15/h1-10,18H,(H,19,20). The smallest absolute Gasteiger partial charge is 0.335 e. The van der Waals surface area contributed by atoms with Gasteiger partial charge in [0.25, 0.3) is 10.0 Å². The Morgan fingerprint density at radius 3 is 2.48 bits per heavy atom. The number of carbonyl (C=O) groups is 1. The number of anilines is 1. The number of fused-ring (bicyclic) bond motifs is 1. The Morgan fingerprint density at radius 1 is 1.04 bits per heavy atom. The second-order valence-corrected chi connectivity index (χ2v) is 6.53. The predicted octanol–water partition coefficient (Wildman–Crippen LogP) is 2.73. The quantitative estimate of drug-likeness (QED) is 0.767. The van der Waals surface area contributed by atoms with Crippen molar-refractivity contribution in [3.05, 3.63) is 66.4 Å². The van der Waals surface area contributed by atoms with Gasteiger partial charge in [0.2, 0.25) is 0 Å². The van der Waals surface area contributed by atoms with E-state index in [9.17, 15) is 13.2 Å². The summed E-state index contributed by atoms with van der Waals surface area (Å²) < 4.78 is 27.2. The summed E-state index contributed by atoms with van der Waals surface area (Å²) in [5.74, 6) is -1.11. The third-order valence-electron chi connectivity index (χ3n) is 3.27. The summed E-state index contributed by atoms with van der Waals surface area (Å²) in [6, 6.07) is 13.7. The maximum atomic E-state index is 12.3. The van der Waals surface area contributed by atoms with Gasteiger partial charge in [0.15, 0.2) is 0 Å². The lowest BCUT2D eigenvalue weighted by Crippen LogP contribution is -2.13. The van der Waals surface area contributed by atoms with Crippen LogP contribution < -0.4 is 4.72 Å². The molecule has 2 N–H and O–H groups in total. The summed E-state index contributed by atoms with van der Waals surface area (Å²) in [5, 5.41) is 9.66. The van der Waals surface area contributed by atoms with Crippen molar-refractivity contribution >= 4 is 32.6 Å². The van der Waals surface area contributed by atoms with Gasteiger partial charge < -0.3 is 5.11 Å². The minimum atomic E-state index is -3.79.